The lowest BCUT2D eigenvalue weighted by Gasteiger charge is -2.34. The molecule has 0 saturated carbocycles. The van der Waals surface area contributed by atoms with Crippen molar-refractivity contribution in [1.82, 2.24) is 20.0 Å². The van der Waals surface area contributed by atoms with E-state index in [1.54, 1.807) is 0 Å². The molecule has 118 valence electrons. The van der Waals surface area contributed by atoms with Gasteiger partial charge >= 0.3 is 0 Å². The van der Waals surface area contributed by atoms with Crippen LogP contribution in [-0.2, 0) is 11.8 Å². The SMILES string of the molecule is CN=C(NCCC(C)C)N1CCOC(c2cnn(C)c2)C1. The van der Waals surface area contributed by atoms with Gasteiger partial charge in [0, 0.05) is 38.9 Å². The second-order valence-corrected chi connectivity index (χ2v) is 5.91. The molecule has 0 aromatic carbocycles. The molecule has 0 spiro atoms. The number of ether oxygens (including phenoxy) is 1. The van der Waals surface area contributed by atoms with Crippen LogP contribution in [0.1, 0.15) is 31.9 Å². The number of morpholine rings is 1. The number of rotatable bonds is 4. The van der Waals surface area contributed by atoms with E-state index in [0.717, 1.165) is 37.6 Å². The first kappa shape index (κ1) is 15.8. The zero-order chi connectivity index (χ0) is 15.2. The highest BCUT2D eigenvalue weighted by atomic mass is 16.5. The number of aromatic nitrogens is 2. The maximum atomic E-state index is 5.87. The van der Waals surface area contributed by atoms with Gasteiger partial charge in [0.1, 0.15) is 6.10 Å². The van der Waals surface area contributed by atoms with Crippen molar-refractivity contribution in [3.63, 3.8) is 0 Å². The zero-order valence-corrected chi connectivity index (χ0v) is 13.5. The van der Waals surface area contributed by atoms with Gasteiger partial charge in [-0.3, -0.25) is 9.67 Å². The Morgan fingerprint density at radius 3 is 3.00 bits per heavy atom. The van der Waals surface area contributed by atoms with E-state index in [2.05, 4.69) is 34.2 Å². The average molecular weight is 293 g/mol. The largest absolute Gasteiger partial charge is 0.370 e. The summed E-state index contributed by atoms with van der Waals surface area (Å²) >= 11 is 0. The Balaban J connectivity index is 1.92. The minimum atomic E-state index is 0.0658. The standard InChI is InChI=1S/C15H27N5O/c1-12(2)5-6-17-15(16-3)20-7-8-21-14(11-20)13-9-18-19(4)10-13/h9-10,12,14H,5-8,11H2,1-4H3,(H,16,17). The quantitative estimate of drug-likeness (QED) is 0.674. The molecule has 21 heavy (non-hydrogen) atoms. The summed E-state index contributed by atoms with van der Waals surface area (Å²) in [6.45, 7) is 7.82. The molecule has 1 saturated heterocycles. The number of hydrogen-bond acceptors (Lipinski definition) is 3. The molecular formula is C15H27N5O. The molecule has 1 aliphatic rings. The molecule has 0 bridgehead atoms. The zero-order valence-electron chi connectivity index (χ0n) is 13.5. The molecule has 2 rings (SSSR count). The molecule has 2 heterocycles. The highest BCUT2D eigenvalue weighted by Gasteiger charge is 2.24. The lowest BCUT2D eigenvalue weighted by atomic mass is 10.1. The molecule has 0 radical (unpaired) electrons. The van der Waals surface area contributed by atoms with Crippen LogP contribution in [0.2, 0.25) is 0 Å². The second kappa shape index (κ2) is 7.45. The van der Waals surface area contributed by atoms with Gasteiger partial charge in [-0.1, -0.05) is 13.8 Å². The van der Waals surface area contributed by atoms with Crippen LogP contribution in [0.3, 0.4) is 0 Å². The minimum absolute atomic E-state index is 0.0658. The summed E-state index contributed by atoms with van der Waals surface area (Å²) in [6, 6.07) is 0. The fourth-order valence-corrected chi connectivity index (χ4v) is 2.45. The Morgan fingerprint density at radius 2 is 2.38 bits per heavy atom. The highest BCUT2D eigenvalue weighted by Crippen LogP contribution is 2.21. The maximum Gasteiger partial charge on any atom is 0.193 e. The monoisotopic (exact) mass is 293 g/mol. The topological polar surface area (TPSA) is 54.7 Å². The third kappa shape index (κ3) is 4.46. The third-order valence-electron chi connectivity index (χ3n) is 3.68. The van der Waals surface area contributed by atoms with Crippen LogP contribution in [0, 0.1) is 5.92 Å². The fourth-order valence-electron chi connectivity index (χ4n) is 2.45. The summed E-state index contributed by atoms with van der Waals surface area (Å²) in [5.74, 6) is 1.66. The molecule has 1 atom stereocenters. The first-order chi connectivity index (χ1) is 10.1. The van der Waals surface area contributed by atoms with E-state index >= 15 is 0 Å². The summed E-state index contributed by atoms with van der Waals surface area (Å²) in [4.78, 5) is 6.66. The van der Waals surface area contributed by atoms with Crippen molar-refractivity contribution in [2.45, 2.75) is 26.4 Å². The number of nitrogens with zero attached hydrogens (tertiary/aromatic N) is 4. The van der Waals surface area contributed by atoms with Crippen LogP contribution in [0.25, 0.3) is 0 Å². The van der Waals surface area contributed by atoms with E-state index in [-0.39, 0.29) is 6.10 Å². The fraction of sp³-hybridized carbons (Fsp3) is 0.733. The van der Waals surface area contributed by atoms with E-state index < -0.39 is 0 Å². The van der Waals surface area contributed by atoms with Gasteiger partial charge < -0.3 is 15.0 Å². The van der Waals surface area contributed by atoms with Crippen molar-refractivity contribution in [3.8, 4) is 0 Å². The molecule has 0 amide bonds. The van der Waals surface area contributed by atoms with Gasteiger partial charge in [-0.25, -0.2) is 0 Å². The van der Waals surface area contributed by atoms with Gasteiger partial charge in [0.25, 0.3) is 0 Å². The predicted molar refractivity (Wildman–Crippen MR) is 84.3 cm³/mol. The van der Waals surface area contributed by atoms with Crippen molar-refractivity contribution in [2.24, 2.45) is 18.0 Å². The molecule has 0 aliphatic carbocycles. The van der Waals surface area contributed by atoms with Crippen molar-refractivity contribution < 1.29 is 4.74 Å². The van der Waals surface area contributed by atoms with E-state index in [1.165, 1.54) is 0 Å². The molecule has 6 heteroatoms. The highest BCUT2D eigenvalue weighted by molar-refractivity contribution is 5.80. The molecule has 6 nitrogen and oxygen atoms in total. The first-order valence-corrected chi connectivity index (χ1v) is 7.66. The van der Waals surface area contributed by atoms with E-state index in [4.69, 9.17) is 4.74 Å². The normalized spacial score (nSPS) is 20.1. The van der Waals surface area contributed by atoms with Gasteiger partial charge in [0.15, 0.2) is 5.96 Å². The van der Waals surface area contributed by atoms with Gasteiger partial charge in [-0.15, -0.1) is 0 Å². The Hall–Kier alpha value is -1.56. The van der Waals surface area contributed by atoms with Gasteiger partial charge in [0.2, 0.25) is 0 Å². The minimum Gasteiger partial charge on any atom is -0.370 e. The molecule has 1 aliphatic heterocycles. The average Bonchev–Trinajstić information content (AvgIpc) is 2.90. The van der Waals surface area contributed by atoms with E-state index in [1.807, 2.05) is 31.2 Å². The Bertz CT molecular complexity index is 468. The molecular weight excluding hydrogens is 266 g/mol. The van der Waals surface area contributed by atoms with Crippen LogP contribution >= 0.6 is 0 Å². The van der Waals surface area contributed by atoms with E-state index in [9.17, 15) is 0 Å². The lowest BCUT2D eigenvalue weighted by molar-refractivity contribution is -0.00803. The van der Waals surface area contributed by atoms with Crippen LogP contribution in [0.5, 0.6) is 0 Å². The summed E-state index contributed by atoms with van der Waals surface area (Å²) in [6.07, 6.45) is 5.11. The van der Waals surface area contributed by atoms with Crippen molar-refractivity contribution in [3.05, 3.63) is 18.0 Å². The van der Waals surface area contributed by atoms with Gasteiger partial charge in [0.05, 0.1) is 19.3 Å². The summed E-state index contributed by atoms with van der Waals surface area (Å²) in [5.41, 5.74) is 1.12. The molecule has 1 aromatic heterocycles. The maximum absolute atomic E-state index is 5.87. The Morgan fingerprint density at radius 1 is 1.57 bits per heavy atom. The Labute approximate surface area is 127 Å². The van der Waals surface area contributed by atoms with Gasteiger partial charge in [-0.2, -0.15) is 5.10 Å². The number of aryl methyl sites for hydroxylation is 1. The third-order valence-corrected chi connectivity index (χ3v) is 3.68. The Kier molecular flexibility index (Phi) is 5.61. The second-order valence-electron chi connectivity index (χ2n) is 5.91. The lowest BCUT2D eigenvalue weighted by Crippen LogP contribution is -2.48. The number of hydrogen-bond donors (Lipinski definition) is 1. The molecule has 1 fully saturated rings. The van der Waals surface area contributed by atoms with Crippen LogP contribution in [0.15, 0.2) is 17.4 Å². The predicted octanol–water partition coefficient (Wildman–Crippen LogP) is 1.41. The van der Waals surface area contributed by atoms with Crippen LogP contribution < -0.4 is 5.32 Å². The summed E-state index contributed by atoms with van der Waals surface area (Å²) in [5, 5.41) is 7.67. The smallest absolute Gasteiger partial charge is 0.193 e. The van der Waals surface area contributed by atoms with Crippen molar-refractivity contribution >= 4 is 5.96 Å². The number of guanidine groups is 1. The van der Waals surface area contributed by atoms with Gasteiger partial charge in [-0.05, 0) is 12.3 Å². The van der Waals surface area contributed by atoms with Crippen molar-refractivity contribution in [2.75, 3.05) is 33.3 Å². The first-order valence-electron chi connectivity index (χ1n) is 7.66. The molecule has 1 unspecified atom stereocenters. The molecule has 1 N–H and O–H groups in total. The summed E-state index contributed by atoms with van der Waals surface area (Å²) in [7, 11) is 3.77. The summed E-state index contributed by atoms with van der Waals surface area (Å²) < 4.78 is 7.68. The number of aliphatic imine (C=N–C) groups is 1. The van der Waals surface area contributed by atoms with E-state index in [0.29, 0.717) is 12.5 Å². The molecule has 1 aromatic rings. The van der Waals surface area contributed by atoms with Crippen LogP contribution in [0.4, 0.5) is 0 Å². The number of nitrogens with one attached hydrogen (secondary N) is 1. The van der Waals surface area contributed by atoms with Crippen LogP contribution in [-0.4, -0.2) is 53.9 Å². The van der Waals surface area contributed by atoms with Crippen molar-refractivity contribution in [1.29, 1.82) is 0 Å².